The van der Waals surface area contributed by atoms with Crippen LogP contribution in [0.1, 0.15) is 52.0 Å². The molecule has 1 aromatic heterocycles. The number of rotatable bonds is 2. The molecular formula is C14H22BNO3. The summed E-state index contributed by atoms with van der Waals surface area (Å²) < 4.78 is 12.0. The van der Waals surface area contributed by atoms with Crippen molar-refractivity contribution in [3.63, 3.8) is 0 Å². The Bertz CT molecular complexity index is 470. The highest BCUT2D eigenvalue weighted by Gasteiger charge is 2.52. The van der Waals surface area contributed by atoms with E-state index in [4.69, 9.17) is 9.31 Å². The van der Waals surface area contributed by atoms with Gasteiger partial charge in [0.2, 0.25) is 0 Å². The van der Waals surface area contributed by atoms with Crippen molar-refractivity contribution in [2.45, 2.75) is 58.8 Å². The molecule has 2 heterocycles. The Hall–Kier alpha value is -0.905. The fraction of sp³-hybridized carbons (Fsp3) is 0.643. The third kappa shape index (κ3) is 2.55. The average molecular weight is 263 g/mol. The SMILES string of the molecule is Cc1cc([C@@H](C)O)ncc1B1OC(C)(C)C(C)(C)O1. The van der Waals surface area contributed by atoms with Crippen LogP contribution in [0.2, 0.25) is 0 Å². The zero-order valence-corrected chi connectivity index (χ0v) is 12.5. The van der Waals surface area contributed by atoms with Crippen molar-refractivity contribution < 1.29 is 14.4 Å². The molecule has 0 radical (unpaired) electrons. The molecule has 0 bridgehead atoms. The van der Waals surface area contributed by atoms with Crippen LogP contribution >= 0.6 is 0 Å². The van der Waals surface area contributed by atoms with Crippen LogP contribution < -0.4 is 5.46 Å². The summed E-state index contributed by atoms with van der Waals surface area (Å²) in [7, 11) is -0.402. The molecule has 1 fully saturated rings. The number of aryl methyl sites for hydroxylation is 1. The summed E-state index contributed by atoms with van der Waals surface area (Å²) in [5.74, 6) is 0. The summed E-state index contributed by atoms with van der Waals surface area (Å²) in [5, 5.41) is 9.55. The summed E-state index contributed by atoms with van der Waals surface area (Å²) in [6.45, 7) is 11.8. The lowest BCUT2D eigenvalue weighted by molar-refractivity contribution is 0.00578. The predicted molar refractivity (Wildman–Crippen MR) is 75.3 cm³/mol. The van der Waals surface area contributed by atoms with Crippen LogP contribution in [-0.4, -0.2) is 28.4 Å². The van der Waals surface area contributed by atoms with E-state index in [0.717, 1.165) is 11.0 Å². The van der Waals surface area contributed by atoms with Crippen molar-refractivity contribution in [3.05, 3.63) is 23.5 Å². The van der Waals surface area contributed by atoms with Gasteiger partial charge >= 0.3 is 7.12 Å². The van der Waals surface area contributed by atoms with E-state index in [-0.39, 0.29) is 11.2 Å². The molecule has 104 valence electrons. The van der Waals surface area contributed by atoms with E-state index >= 15 is 0 Å². The lowest BCUT2D eigenvalue weighted by Crippen LogP contribution is -2.41. The average Bonchev–Trinajstić information content (AvgIpc) is 2.47. The zero-order chi connectivity index (χ0) is 14.4. The Morgan fingerprint density at radius 3 is 2.16 bits per heavy atom. The highest BCUT2D eigenvalue weighted by molar-refractivity contribution is 6.62. The van der Waals surface area contributed by atoms with E-state index in [0.29, 0.717) is 5.69 Å². The fourth-order valence-corrected chi connectivity index (χ4v) is 2.03. The number of hydrogen-bond donors (Lipinski definition) is 1. The third-order valence-corrected chi connectivity index (χ3v) is 4.11. The molecule has 0 spiro atoms. The molecule has 0 aromatic carbocycles. The normalized spacial score (nSPS) is 22.6. The topological polar surface area (TPSA) is 51.6 Å². The van der Waals surface area contributed by atoms with E-state index in [1.807, 2.05) is 40.7 Å². The van der Waals surface area contributed by atoms with Crippen LogP contribution in [-0.2, 0) is 9.31 Å². The summed E-state index contributed by atoms with van der Waals surface area (Å²) in [6.07, 6.45) is 1.17. The molecule has 19 heavy (non-hydrogen) atoms. The second-order valence-electron chi connectivity index (χ2n) is 6.23. The highest BCUT2D eigenvalue weighted by atomic mass is 16.7. The van der Waals surface area contributed by atoms with E-state index in [2.05, 4.69) is 4.98 Å². The quantitative estimate of drug-likeness (QED) is 0.826. The maximum atomic E-state index is 9.55. The Labute approximate surface area is 115 Å². The van der Waals surface area contributed by atoms with Crippen LogP contribution in [0.5, 0.6) is 0 Å². The summed E-state index contributed by atoms with van der Waals surface area (Å²) in [5.41, 5.74) is 1.89. The van der Waals surface area contributed by atoms with Crippen molar-refractivity contribution in [2.75, 3.05) is 0 Å². The molecule has 0 unspecified atom stereocenters. The maximum absolute atomic E-state index is 9.55. The monoisotopic (exact) mass is 263 g/mol. The van der Waals surface area contributed by atoms with Gasteiger partial charge in [0.25, 0.3) is 0 Å². The largest absolute Gasteiger partial charge is 0.496 e. The van der Waals surface area contributed by atoms with Crippen molar-refractivity contribution in [3.8, 4) is 0 Å². The lowest BCUT2D eigenvalue weighted by Gasteiger charge is -2.32. The van der Waals surface area contributed by atoms with Gasteiger partial charge in [-0.25, -0.2) is 0 Å². The Morgan fingerprint density at radius 1 is 1.21 bits per heavy atom. The lowest BCUT2D eigenvalue weighted by atomic mass is 9.77. The summed E-state index contributed by atoms with van der Waals surface area (Å²) in [4.78, 5) is 4.27. The number of nitrogens with zero attached hydrogens (tertiary/aromatic N) is 1. The second kappa shape index (κ2) is 4.58. The maximum Gasteiger partial charge on any atom is 0.496 e. The Morgan fingerprint density at radius 2 is 1.74 bits per heavy atom. The van der Waals surface area contributed by atoms with Gasteiger partial charge in [-0.15, -0.1) is 0 Å². The molecule has 1 aliphatic rings. The van der Waals surface area contributed by atoms with E-state index < -0.39 is 13.2 Å². The van der Waals surface area contributed by atoms with Crippen molar-refractivity contribution in [1.29, 1.82) is 0 Å². The van der Waals surface area contributed by atoms with E-state index in [9.17, 15) is 5.11 Å². The van der Waals surface area contributed by atoms with Crippen LogP contribution in [0.15, 0.2) is 12.3 Å². The minimum absolute atomic E-state index is 0.354. The second-order valence-corrected chi connectivity index (χ2v) is 6.23. The van der Waals surface area contributed by atoms with E-state index in [1.165, 1.54) is 0 Å². The third-order valence-electron chi connectivity index (χ3n) is 4.11. The number of aliphatic hydroxyl groups excluding tert-OH is 1. The number of aromatic nitrogens is 1. The van der Waals surface area contributed by atoms with Crippen molar-refractivity contribution >= 4 is 12.6 Å². The van der Waals surface area contributed by atoms with Gasteiger partial charge in [0, 0.05) is 11.7 Å². The van der Waals surface area contributed by atoms with Crippen LogP contribution in [0.3, 0.4) is 0 Å². The van der Waals surface area contributed by atoms with E-state index in [1.54, 1.807) is 13.1 Å². The molecule has 0 amide bonds. The summed E-state index contributed by atoms with van der Waals surface area (Å²) in [6, 6.07) is 1.88. The van der Waals surface area contributed by atoms with Crippen LogP contribution in [0.25, 0.3) is 0 Å². The molecule has 1 aliphatic heterocycles. The number of pyridine rings is 1. The molecule has 1 aromatic rings. The molecular weight excluding hydrogens is 241 g/mol. The molecule has 5 heteroatoms. The minimum atomic E-state index is -0.564. The first kappa shape index (κ1) is 14.5. The van der Waals surface area contributed by atoms with Gasteiger partial charge in [0.1, 0.15) is 0 Å². The number of aliphatic hydroxyl groups is 1. The van der Waals surface area contributed by atoms with Crippen LogP contribution in [0, 0.1) is 6.92 Å². The molecule has 0 saturated carbocycles. The first-order valence-corrected chi connectivity index (χ1v) is 6.64. The Balaban J connectivity index is 2.30. The van der Waals surface area contributed by atoms with Gasteiger partial charge < -0.3 is 14.4 Å². The summed E-state index contributed by atoms with van der Waals surface area (Å²) >= 11 is 0. The molecule has 1 N–H and O–H groups in total. The van der Waals surface area contributed by atoms with Crippen molar-refractivity contribution in [1.82, 2.24) is 4.98 Å². The Kier molecular flexibility index (Phi) is 3.50. The first-order chi connectivity index (χ1) is 8.64. The zero-order valence-electron chi connectivity index (χ0n) is 12.5. The van der Waals surface area contributed by atoms with Gasteiger partial charge in [0.05, 0.1) is 23.0 Å². The standard InChI is InChI=1S/C14H22BNO3/c1-9-7-12(10(2)17)16-8-11(9)15-18-13(3,4)14(5,6)19-15/h7-8,10,17H,1-6H3/t10-/m1/s1. The van der Waals surface area contributed by atoms with Gasteiger partial charge in [0.15, 0.2) is 0 Å². The molecule has 0 aliphatic carbocycles. The smallest absolute Gasteiger partial charge is 0.399 e. The van der Waals surface area contributed by atoms with Gasteiger partial charge in [-0.3, -0.25) is 4.98 Å². The molecule has 2 rings (SSSR count). The molecule has 4 nitrogen and oxygen atoms in total. The number of hydrogen-bond acceptors (Lipinski definition) is 4. The first-order valence-electron chi connectivity index (χ1n) is 6.64. The highest BCUT2D eigenvalue weighted by Crippen LogP contribution is 2.36. The van der Waals surface area contributed by atoms with Crippen LogP contribution in [0.4, 0.5) is 0 Å². The van der Waals surface area contributed by atoms with Crippen molar-refractivity contribution in [2.24, 2.45) is 0 Å². The minimum Gasteiger partial charge on any atom is -0.399 e. The van der Waals surface area contributed by atoms with Gasteiger partial charge in [-0.05, 0) is 53.2 Å². The van der Waals surface area contributed by atoms with Gasteiger partial charge in [-0.1, -0.05) is 0 Å². The molecule has 1 saturated heterocycles. The predicted octanol–water partition coefficient (Wildman–Crippen LogP) is 1.74. The molecule has 1 atom stereocenters. The fourth-order valence-electron chi connectivity index (χ4n) is 2.03. The van der Waals surface area contributed by atoms with Gasteiger partial charge in [-0.2, -0.15) is 0 Å².